The van der Waals surface area contributed by atoms with Gasteiger partial charge in [0.15, 0.2) is 11.5 Å². The highest BCUT2D eigenvalue weighted by atomic mass is 32.3. The summed E-state index contributed by atoms with van der Waals surface area (Å²) in [6.07, 6.45) is 0. The molecule has 1 aliphatic rings. The summed E-state index contributed by atoms with van der Waals surface area (Å²) in [7, 11) is -4.55. The number of benzene rings is 1. The molecular formula is C9H9FO4S. The predicted octanol–water partition coefficient (Wildman–Crippen LogP) is 1.26. The average Bonchev–Trinajstić information content (AvgIpc) is 2.16. The highest BCUT2D eigenvalue weighted by Gasteiger charge is 2.19. The Kier molecular flexibility index (Phi) is 2.52. The molecule has 0 fully saturated rings. The second kappa shape index (κ2) is 3.69. The van der Waals surface area contributed by atoms with E-state index in [-0.39, 0.29) is 5.56 Å². The summed E-state index contributed by atoms with van der Waals surface area (Å²) < 4.78 is 44.0. The molecule has 0 spiro atoms. The third kappa shape index (κ3) is 2.38. The molecule has 1 aromatic rings. The van der Waals surface area contributed by atoms with E-state index < -0.39 is 16.0 Å². The van der Waals surface area contributed by atoms with E-state index in [9.17, 15) is 12.3 Å². The minimum absolute atomic E-state index is 0.287. The molecule has 0 aliphatic carbocycles. The van der Waals surface area contributed by atoms with Crippen LogP contribution >= 0.6 is 0 Å². The molecule has 82 valence electrons. The second-order valence-electron chi connectivity index (χ2n) is 3.12. The molecule has 0 N–H and O–H groups in total. The molecule has 0 unspecified atom stereocenters. The van der Waals surface area contributed by atoms with Crippen LogP contribution in [0.15, 0.2) is 18.2 Å². The Morgan fingerprint density at radius 3 is 2.73 bits per heavy atom. The van der Waals surface area contributed by atoms with Crippen molar-refractivity contribution >= 4 is 10.2 Å². The molecule has 15 heavy (non-hydrogen) atoms. The van der Waals surface area contributed by atoms with Crippen LogP contribution in [0.4, 0.5) is 3.89 Å². The summed E-state index contributed by atoms with van der Waals surface area (Å²) >= 11 is 0. The van der Waals surface area contributed by atoms with E-state index >= 15 is 0 Å². The van der Waals surface area contributed by atoms with Crippen molar-refractivity contribution < 1.29 is 21.8 Å². The van der Waals surface area contributed by atoms with E-state index in [1.807, 2.05) is 0 Å². The van der Waals surface area contributed by atoms with Gasteiger partial charge < -0.3 is 9.47 Å². The van der Waals surface area contributed by atoms with E-state index in [2.05, 4.69) is 0 Å². The first-order valence-corrected chi connectivity index (χ1v) is 5.91. The molecule has 0 saturated heterocycles. The smallest absolute Gasteiger partial charge is 0.306 e. The van der Waals surface area contributed by atoms with Crippen LogP contribution in [-0.4, -0.2) is 21.6 Å². The third-order valence-corrected chi connectivity index (χ3v) is 2.63. The van der Waals surface area contributed by atoms with Gasteiger partial charge >= 0.3 is 10.2 Å². The van der Waals surface area contributed by atoms with E-state index in [4.69, 9.17) is 9.47 Å². The van der Waals surface area contributed by atoms with Gasteiger partial charge in [-0.1, -0.05) is 12.1 Å². The number of ether oxygens (including phenoxy) is 2. The van der Waals surface area contributed by atoms with Crippen LogP contribution in [0.2, 0.25) is 0 Å². The summed E-state index contributed by atoms with van der Waals surface area (Å²) in [5, 5.41) is 0. The number of halogens is 1. The van der Waals surface area contributed by atoms with Gasteiger partial charge in [-0.05, 0) is 6.07 Å². The summed E-state index contributed by atoms with van der Waals surface area (Å²) in [5.41, 5.74) is 0.287. The normalized spacial score (nSPS) is 15.0. The first-order chi connectivity index (χ1) is 7.06. The third-order valence-electron chi connectivity index (χ3n) is 1.98. The van der Waals surface area contributed by atoms with Crippen LogP contribution in [-0.2, 0) is 16.0 Å². The van der Waals surface area contributed by atoms with Crippen LogP contribution in [0.3, 0.4) is 0 Å². The zero-order valence-electron chi connectivity index (χ0n) is 7.77. The summed E-state index contributed by atoms with van der Waals surface area (Å²) in [5.74, 6) is 0.104. The van der Waals surface area contributed by atoms with Crippen LogP contribution < -0.4 is 9.47 Å². The van der Waals surface area contributed by atoms with Crippen molar-refractivity contribution in [2.45, 2.75) is 5.75 Å². The zero-order chi connectivity index (χ0) is 10.9. The van der Waals surface area contributed by atoms with Crippen LogP contribution in [0.5, 0.6) is 11.5 Å². The first kappa shape index (κ1) is 10.2. The Labute approximate surface area is 86.8 Å². The van der Waals surface area contributed by atoms with Gasteiger partial charge in [0, 0.05) is 5.56 Å². The fourth-order valence-corrected chi connectivity index (χ4v) is 2.03. The Bertz CT molecular complexity index is 469. The standard InChI is InChI=1S/C9H9FO4S/c10-15(11,12)6-7-2-1-3-8-9(7)14-5-4-13-8/h1-3H,4-6H2. The average molecular weight is 232 g/mol. The van der Waals surface area contributed by atoms with Crippen molar-refractivity contribution in [1.29, 1.82) is 0 Å². The molecule has 1 aromatic carbocycles. The van der Waals surface area contributed by atoms with Crippen molar-refractivity contribution in [2.24, 2.45) is 0 Å². The molecule has 0 amide bonds. The molecule has 0 bridgehead atoms. The first-order valence-electron chi connectivity index (χ1n) is 4.36. The molecule has 0 radical (unpaired) electrons. The molecule has 0 saturated carbocycles. The number of fused-ring (bicyclic) bond motifs is 1. The number of hydrogen-bond acceptors (Lipinski definition) is 4. The van der Waals surface area contributed by atoms with Gasteiger partial charge in [-0.2, -0.15) is 8.42 Å². The molecule has 0 atom stereocenters. The SMILES string of the molecule is O=S(=O)(F)Cc1cccc2c1OCCO2. The lowest BCUT2D eigenvalue weighted by Crippen LogP contribution is -2.17. The maximum absolute atomic E-state index is 12.5. The Hall–Kier alpha value is -1.30. The van der Waals surface area contributed by atoms with Crippen molar-refractivity contribution in [3.8, 4) is 11.5 Å². The molecule has 2 rings (SSSR count). The lowest BCUT2D eigenvalue weighted by Gasteiger charge is -2.20. The van der Waals surface area contributed by atoms with Gasteiger partial charge in [-0.15, -0.1) is 3.89 Å². The zero-order valence-corrected chi connectivity index (χ0v) is 8.59. The van der Waals surface area contributed by atoms with Gasteiger partial charge in [0.05, 0.1) is 0 Å². The second-order valence-corrected chi connectivity index (χ2v) is 4.49. The van der Waals surface area contributed by atoms with Crippen molar-refractivity contribution in [1.82, 2.24) is 0 Å². The number of hydrogen-bond donors (Lipinski definition) is 0. The van der Waals surface area contributed by atoms with Crippen LogP contribution in [0, 0.1) is 0 Å². The summed E-state index contributed by atoms with van der Waals surface area (Å²) in [6.45, 7) is 0.759. The maximum Gasteiger partial charge on any atom is 0.306 e. The Balaban J connectivity index is 2.39. The summed E-state index contributed by atoms with van der Waals surface area (Å²) in [6, 6.07) is 4.77. The van der Waals surface area contributed by atoms with Gasteiger partial charge in [0.25, 0.3) is 0 Å². The van der Waals surface area contributed by atoms with E-state index in [0.717, 1.165) is 0 Å². The van der Waals surface area contributed by atoms with E-state index in [1.165, 1.54) is 6.07 Å². The maximum atomic E-state index is 12.5. The van der Waals surface area contributed by atoms with Gasteiger partial charge in [-0.3, -0.25) is 0 Å². The highest BCUT2D eigenvalue weighted by molar-refractivity contribution is 7.85. The Morgan fingerprint density at radius 1 is 1.27 bits per heavy atom. The molecule has 1 aliphatic heterocycles. The fraction of sp³-hybridized carbons (Fsp3) is 0.333. The fourth-order valence-electron chi connectivity index (χ4n) is 1.43. The highest BCUT2D eigenvalue weighted by Crippen LogP contribution is 2.34. The number of para-hydroxylation sites is 1. The van der Waals surface area contributed by atoms with Crippen molar-refractivity contribution in [2.75, 3.05) is 13.2 Å². The largest absolute Gasteiger partial charge is 0.486 e. The number of rotatable bonds is 2. The quantitative estimate of drug-likeness (QED) is 0.720. The summed E-state index contributed by atoms with van der Waals surface area (Å²) in [4.78, 5) is 0. The minimum Gasteiger partial charge on any atom is -0.486 e. The van der Waals surface area contributed by atoms with Crippen LogP contribution in [0.1, 0.15) is 5.56 Å². The van der Waals surface area contributed by atoms with Crippen molar-refractivity contribution in [3.63, 3.8) is 0 Å². The van der Waals surface area contributed by atoms with Gasteiger partial charge in [0.1, 0.15) is 19.0 Å². The molecular weight excluding hydrogens is 223 g/mol. The van der Waals surface area contributed by atoms with E-state index in [0.29, 0.717) is 24.7 Å². The van der Waals surface area contributed by atoms with Crippen LogP contribution in [0.25, 0.3) is 0 Å². The lowest BCUT2D eigenvalue weighted by molar-refractivity contribution is 0.170. The lowest BCUT2D eigenvalue weighted by atomic mass is 10.2. The van der Waals surface area contributed by atoms with Gasteiger partial charge in [0.2, 0.25) is 0 Å². The molecule has 1 heterocycles. The van der Waals surface area contributed by atoms with E-state index in [1.54, 1.807) is 12.1 Å². The minimum atomic E-state index is -4.55. The Morgan fingerprint density at radius 2 is 2.00 bits per heavy atom. The predicted molar refractivity (Wildman–Crippen MR) is 51.2 cm³/mol. The molecule has 0 aromatic heterocycles. The van der Waals surface area contributed by atoms with Gasteiger partial charge in [-0.25, -0.2) is 0 Å². The van der Waals surface area contributed by atoms with Crippen molar-refractivity contribution in [3.05, 3.63) is 23.8 Å². The molecule has 6 heteroatoms. The topological polar surface area (TPSA) is 52.6 Å². The molecule has 4 nitrogen and oxygen atoms in total. The monoisotopic (exact) mass is 232 g/mol.